The van der Waals surface area contributed by atoms with Crippen LogP contribution in [-0.2, 0) is 16.0 Å². The number of carbonyl (C=O) groups is 3. The maximum Gasteiger partial charge on any atom is 0.317 e. The molecular weight excluding hydrogens is 339 g/mol. The Balaban J connectivity index is 1.66. The summed E-state index contributed by atoms with van der Waals surface area (Å²) < 4.78 is 13.0. The maximum atomic E-state index is 13.0. The number of carbonyl (C=O) groups excluding carboxylic acids is 3. The summed E-state index contributed by atoms with van der Waals surface area (Å²) in [6.45, 7) is 4.62. The number of hydrogen-bond donors (Lipinski definition) is 2. The number of nitrogens with zero attached hydrogens (tertiary/aromatic N) is 2. The summed E-state index contributed by atoms with van der Waals surface area (Å²) in [6, 6.07) is 4.32. The van der Waals surface area contributed by atoms with Crippen molar-refractivity contribution in [3.05, 3.63) is 35.6 Å². The minimum atomic E-state index is -0.668. The Morgan fingerprint density at radius 1 is 1.27 bits per heavy atom. The first-order valence-corrected chi connectivity index (χ1v) is 8.76. The highest BCUT2D eigenvalue weighted by atomic mass is 19.1. The molecule has 1 aromatic carbocycles. The standard InChI is InChI=1S/C18H23FN4O3/c1-11(2)20-18(26)22-7-8-23-15(10-22)16(24)21-14(17(23)25)9-12-3-5-13(19)6-4-12/h3-6,11,14-15H,7-10H2,1-2H3,(H,20,26)(H,21,24). The van der Waals surface area contributed by atoms with Crippen LogP contribution in [0, 0.1) is 5.82 Å². The molecule has 0 aliphatic carbocycles. The van der Waals surface area contributed by atoms with Gasteiger partial charge in [0.15, 0.2) is 0 Å². The normalized spacial score (nSPS) is 22.9. The average Bonchev–Trinajstić information content (AvgIpc) is 2.60. The zero-order valence-electron chi connectivity index (χ0n) is 14.9. The molecule has 4 amide bonds. The van der Waals surface area contributed by atoms with Crippen LogP contribution in [0.4, 0.5) is 9.18 Å². The summed E-state index contributed by atoms with van der Waals surface area (Å²) in [5.41, 5.74) is 0.776. The number of halogens is 1. The van der Waals surface area contributed by atoms with Crippen molar-refractivity contribution in [3.63, 3.8) is 0 Å². The van der Waals surface area contributed by atoms with Crippen LogP contribution >= 0.6 is 0 Å². The van der Waals surface area contributed by atoms with Crippen molar-refractivity contribution in [2.24, 2.45) is 0 Å². The van der Waals surface area contributed by atoms with E-state index in [1.165, 1.54) is 12.1 Å². The average molecular weight is 362 g/mol. The minimum Gasteiger partial charge on any atom is -0.342 e. The summed E-state index contributed by atoms with van der Waals surface area (Å²) in [5, 5.41) is 5.55. The third-order valence-corrected chi connectivity index (χ3v) is 4.63. The first-order valence-electron chi connectivity index (χ1n) is 8.76. The SMILES string of the molecule is CC(C)NC(=O)N1CCN2C(=O)C(Cc3ccc(F)cc3)NC(=O)C2C1. The Morgan fingerprint density at radius 3 is 2.62 bits per heavy atom. The molecular formula is C18H23FN4O3. The second-order valence-electron chi connectivity index (χ2n) is 6.99. The molecule has 7 nitrogen and oxygen atoms in total. The summed E-state index contributed by atoms with van der Waals surface area (Å²) in [4.78, 5) is 40.5. The Labute approximate surface area is 151 Å². The van der Waals surface area contributed by atoms with Crippen LogP contribution in [-0.4, -0.2) is 65.4 Å². The molecule has 8 heteroatoms. The highest BCUT2D eigenvalue weighted by Crippen LogP contribution is 2.18. The predicted molar refractivity (Wildman–Crippen MR) is 92.8 cm³/mol. The lowest BCUT2D eigenvalue weighted by Crippen LogP contribution is -2.70. The number of benzene rings is 1. The van der Waals surface area contributed by atoms with Gasteiger partial charge in [-0.05, 0) is 31.5 Å². The van der Waals surface area contributed by atoms with Crippen LogP contribution in [0.5, 0.6) is 0 Å². The molecule has 26 heavy (non-hydrogen) atoms. The highest BCUT2D eigenvalue weighted by molar-refractivity contribution is 5.97. The number of amides is 4. The molecule has 0 radical (unpaired) electrons. The number of piperazine rings is 2. The molecule has 0 aromatic heterocycles. The van der Waals surface area contributed by atoms with E-state index in [9.17, 15) is 18.8 Å². The Kier molecular flexibility index (Phi) is 5.11. The first kappa shape index (κ1) is 18.2. The zero-order chi connectivity index (χ0) is 18.8. The quantitative estimate of drug-likeness (QED) is 0.821. The van der Waals surface area contributed by atoms with Crippen LogP contribution in [0.3, 0.4) is 0 Å². The van der Waals surface area contributed by atoms with Gasteiger partial charge in [0.25, 0.3) is 0 Å². The fraction of sp³-hybridized carbons (Fsp3) is 0.500. The number of urea groups is 1. The van der Waals surface area contributed by atoms with E-state index in [1.54, 1.807) is 21.9 Å². The summed E-state index contributed by atoms with van der Waals surface area (Å²) in [6.07, 6.45) is 0.311. The number of hydrogen-bond acceptors (Lipinski definition) is 3. The Hall–Kier alpha value is -2.64. The van der Waals surface area contributed by atoms with E-state index in [0.29, 0.717) is 19.5 Å². The van der Waals surface area contributed by atoms with Gasteiger partial charge in [0.2, 0.25) is 11.8 Å². The van der Waals surface area contributed by atoms with Gasteiger partial charge in [-0.3, -0.25) is 9.59 Å². The molecule has 2 fully saturated rings. The van der Waals surface area contributed by atoms with E-state index in [-0.39, 0.29) is 36.2 Å². The van der Waals surface area contributed by atoms with Gasteiger partial charge in [-0.15, -0.1) is 0 Å². The third-order valence-electron chi connectivity index (χ3n) is 4.63. The molecule has 140 valence electrons. The lowest BCUT2D eigenvalue weighted by atomic mass is 9.98. The van der Waals surface area contributed by atoms with Crippen LogP contribution < -0.4 is 10.6 Å². The number of nitrogens with one attached hydrogen (secondary N) is 2. The van der Waals surface area contributed by atoms with Gasteiger partial charge >= 0.3 is 6.03 Å². The first-order chi connectivity index (χ1) is 12.3. The van der Waals surface area contributed by atoms with Crippen molar-refractivity contribution >= 4 is 17.8 Å². The molecule has 3 rings (SSSR count). The van der Waals surface area contributed by atoms with E-state index in [1.807, 2.05) is 13.8 Å². The molecule has 0 spiro atoms. The molecule has 2 N–H and O–H groups in total. The van der Waals surface area contributed by atoms with Crippen molar-refractivity contribution in [1.82, 2.24) is 20.4 Å². The molecule has 0 bridgehead atoms. The van der Waals surface area contributed by atoms with Gasteiger partial charge in [0.05, 0.1) is 6.54 Å². The van der Waals surface area contributed by atoms with Gasteiger partial charge in [-0.2, -0.15) is 0 Å². The summed E-state index contributed by atoms with van der Waals surface area (Å²) in [7, 11) is 0. The molecule has 2 heterocycles. The molecule has 2 unspecified atom stereocenters. The van der Waals surface area contributed by atoms with Gasteiger partial charge < -0.3 is 20.4 Å². The monoisotopic (exact) mass is 362 g/mol. The van der Waals surface area contributed by atoms with E-state index in [0.717, 1.165) is 5.56 Å². The summed E-state index contributed by atoms with van der Waals surface area (Å²) >= 11 is 0. The van der Waals surface area contributed by atoms with Crippen molar-refractivity contribution < 1.29 is 18.8 Å². The van der Waals surface area contributed by atoms with E-state index in [4.69, 9.17) is 0 Å². The van der Waals surface area contributed by atoms with Crippen molar-refractivity contribution in [3.8, 4) is 0 Å². The fourth-order valence-corrected chi connectivity index (χ4v) is 3.32. The smallest absolute Gasteiger partial charge is 0.317 e. The Bertz CT molecular complexity index is 707. The second-order valence-corrected chi connectivity index (χ2v) is 6.99. The van der Waals surface area contributed by atoms with Crippen LogP contribution in [0.2, 0.25) is 0 Å². The van der Waals surface area contributed by atoms with E-state index < -0.39 is 12.1 Å². The van der Waals surface area contributed by atoms with Crippen LogP contribution in [0.15, 0.2) is 24.3 Å². The van der Waals surface area contributed by atoms with E-state index in [2.05, 4.69) is 10.6 Å². The largest absolute Gasteiger partial charge is 0.342 e. The van der Waals surface area contributed by atoms with Gasteiger partial charge in [0, 0.05) is 25.6 Å². The topological polar surface area (TPSA) is 81.8 Å². The van der Waals surface area contributed by atoms with Gasteiger partial charge in [-0.1, -0.05) is 12.1 Å². The van der Waals surface area contributed by atoms with Gasteiger partial charge in [-0.25, -0.2) is 9.18 Å². The fourth-order valence-electron chi connectivity index (χ4n) is 3.32. The Morgan fingerprint density at radius 2 is 1.96 bits per heavy atom. The number of fused-ring (bicyclic) bond motifs is 1. The molecule has 2 aliphatic heterocycles. The molecule has 2 aliphatic rings. The van der Waals surface area contributed by atoms with Gasteiger partial charge in [0.1, 0.15) is 17.9 Å². The highest BCUT2D eigenvalue weighted by Gasteiger charge is 2.44. The summed E-state index contributed by atoms with van der Waals surface area (Å²) in [5.74, 6) is -0.773. The second kappa shape index (κ2) is 7.31. The van der Waals surface area contributed by atoms with Crippen molar-refractivity contribution in [2.45, 2.75) is 38.4 Å². The van der Waals surface area contributed by atoms with E-state index >= 15 is 0 Å². The maximum absolute atomic E-state index is 13.0. The molecule has 0 saturated carbocycles. The molecule has 2 atom stereocenters. The lowest BCUT2D eigenvalue weighted by molar-refractivity contribution is -0.152. The third kappa shape index (κ3) is 3.79. The zero-order valence-corrected chi connectivity index (χ0v) is 14.9. The lowest BCUT2D eigenvalue weighted by Gasteiger charge is -2.45. The molecule has 1 aromatic rings. The molecule has 2 saturated heterocycles. The van der Waals surface area contributed by atoms with Crippen molar-refractivity contribution in [2.75, 3.05) is 19.6 Å². The van der Waals surface area contributed by atoms with Crippen LogP contribution in [0.1, 0.15) is 19.4 Å². The number of rotatable bonds is 3. The predicted octanol–water partition coefficient (Wildman–Crippen LogP) is 0.497. The van der Waals surface area contributed by atoms with Crippen molar-refractivity contribution in [1.29, 1.82) is 0 Å². The minimum absolute atomic E-state index is 0.00225. The van der Waals surface area contributed by atoms with Crippen LogP contribution in [0.25, 0.3) is 0 Å².